The van der Waals surface area contributed by atoms with E-state index in [0.717, 1.165) is 29.9 Å². The second-order valence-corrected chi connectivity index (χ2v) is 10.6. The lowest BCUT2D eigenvalue weighted by molar-refractivity contribution is -0.116. The van der Waals surface area contributed by atoms with Crippen LogP contribution in [0.4, 0.5) is 16.2 Å². The fourth-order valence-electron chi connectivity index (χ4n) is 4.61. The normalized spacial score (nSPS) is 14.1. The highest BCUT2D eigenvalue weighted by atomic mass is 32.2. The summed E-state index contributed by atoms with van der Waals surface area (Å²) in [6.07, 6.45) is 3.36. The number of nitrogens with zero attached hydrogens (tertiary/aromatic N) is 4. The lowest BCUT2D eigenvalue weighted by Crippen LogP contribution is -2.44. The van der Waals surface area contributed by atoms with Crippen molar-refractivity contribution in [3.8, 4) is 6.07 Å². The van der Waals surface area contributed by atoms with Crippen molar-refractivity contribution in [1.82, 2.24) is 19.6 Å². The average molecular weight is 540 g/mol. The van der Waals surface area contributed by atoms with Gasteiger partial charge in [-0.25, -0.2) is 22.2 Å². The van der Waals surface area contributed by atoms with E-state index in [4.69, 9.17) is 5.11 Å². The van der Waals surface area contributed by atoms with Gasteiger partial charge in [0.05, 0.1) is 35.0 Å². The molecule has 1 aliphatic heterocycles. The molecule has 38 heavy (non-hydrogen) atoms. The van der Waals surface area contributed by atoms with E-state index in [9.17, 15) is 23.3 Å². The standard InChI is InChI=1S/C25H29N7O5S/c26-11-4-15-31(18-7-12-27-13-8-18)23-20-10-16-32(38(36,37)19-5-2-1-3-6-19)24(20)29-17-21(23)30-22(33)9-14-28-25(34)35/h1-3,5-6,10,16-18,27-28H,4,7-9,12-15H2,(H,30,33)(H,34,35). The minimum absolute atomic E-state index is 0.0496. The van der Waals surface area contributed by atoms with Crippen LogP contribution in [0.3, 0.4) is 0 Å². The molecule has 12 nitrogen and oxygen atoms in total. The molecule has 4 N–H and O–H groups in total. The van der Waals surface area contributed by atoms with Gasteiger partial charge in [0, 0.05) is 37.1 Å². The predicted octanol–water partition coefficient (Wildman–Crippen LogP) is 2.34. The number of benzene rings is 1. The molecule has 0 atom stereocenters. The molecule has 3 aromatic rings. The van der Waals surface area contributed by atoms with E-state index in [2.05, 4.69) is 31.9 Å². The summed E-state index contributed by atoms with van der Waals surface area (Å²) in [6.45, 7) is 1.88. The number of piperidine rings is 1. The molecule has 200 valence electrons. The van der Waals surface area contributed by atoms with Crippen LogP contribution < -0.4 is 20.9 Å². The van der Waals surface area contributed by atoms with Gasteiger partial charge in [-0.3, -0.25) is 4.79 Å². The lowest BCUT2D eigenvalue weighted by atomic mass is 10.0. The number of carbonyl (C=O) groups excluding carboxylic acids is 1. The summed E-state index contributed by atoms with van der Waals surface area (Å²) < 4.78 is 28.0. The number of amides is 2. The third-order valence-electron chi connectivity index (χ3n) is 6.36. The Morgan fingerprint density at radius 2 is 1.95 bits per heavy atom. The van der Waals surface area contributed by atoms with Crippen LogP contribution in [0.5, 0.6) is 0 Å². The van der Waals surface area contributed by atoms with E-state index < -0.39 is 22.0 Å². The van der Waals surface area contributed by atoms with Crippen LogP contribution in [-0.4, -0.2) is 66.7 Å². The average Bonchev–Trinajstić information content (AvgIpc) is 3.36. The van der Waals surface area contributed by atoms with Crippen molar-refractivity contribution in [3.63, 3.8) is 0 Å². The minimum Gasteiger partial charge on any atom is -0.465 e. The van der Waals surface area contributed by atoms with Crippen molar-refractivity contribution in [1.29, 1.82) is 5.26 Å². The van der Waals surface area contributed by atoms with Crippen molar-refractivity contribution in [2.45, 2.75) is 36.6 Å². The molecular formula is C25H29N7O5S. The summed E-state index contributed by atoms with van der Waals surface area (Å²) in [5.41, 5.74) is 1.15. The van der Waals surface area contributed by atoms with E-state index in [-0.39, 0.29) is 36.0 Å². The molecule has 1 aromatic carbocycles. The van der Waals surface area contributed by atoms with Gasteiger partial charge in [0.1, 0.15) is 0 Å². The Kier molecular flexibility index (Phi) is 8.45. The van der Waals surface area contributed by atoms with Gasteiger partial charge in [0.25, 0.3) is 10.0 Å². The molecule has 0 radical (unpaired) electrons. The third-order valence-corrected chi connectivity index (χ3v) is 8.04. The largest absolute Gasteiger partial charge is 0.465 e. The molecule has 3 heterocycles. The van der Waals surface area contributed by atoms with Gasteiger partial charge in [0.2, 0.25) is 5.91 Å². The molecule has 2 aromatic heterocycles. The molecule has 13 heteroatoms. The van der Waals surface area contributed by atoms with Gasteiger partial charge >= 0.3 is 6.09 Å². The van der Waals surface area contributed by atoms with Gasteiger partial charge in [0.15, 0.2) is 5.65 Å². The van der Waals surface area contributed by atoms with Crippen LogP contribution in [0.1, 0.15) is 25.7 Å². The zero-order valence-corrected chi connectivity index (χ0v) is 21.4. The third kappa shape index (κ3) is 5.87. The van der Waals surface area contributed by atoms with Gasteiger partial charge in [-0.05, 0) is 44.1 Å². The lowest BCUT2D eigenvalue weighted by Gasteiger charge is -2.37. The summed E-state index contributed by atoms with van der Waals surface area (Å²) in [7, 11) is -3.94. The number of hydrogen-bond acceptors (Lipinski definition) is 8. The highest BCUT2D eigenvalue weighted by molar-refractivity contribution is 7.90. The first-order valence-electron chi connectivity index (χ1n) is 12.2. The number of nitrogens with one attached hydrogen (secondary N) is 3. The van der Waals surface area contributed by atoms with Crippen molar-refractivity contribution < 1.29 is 23.1 Å². The van der Waals surface area contributed by atoms with Crippen LogP contribution >= 0.6 is 0 Å². The summed E-state index contributed by atoms with van der Waals surface area (Å²) in [5, 5.41) is 27.0. The van der Waals surface area contributed by atoms with E-state index in [1.54, 1.807) is 24.3 Å². The Morgan fingerprint density at radius 1 is 1.21 bits per heavy atom. The van der Waals surface area contributed by atoms with Gasteiger partial charge < -0.3 is 26.0 Å². The van der Waals surface area contributed by atoms with Crippen LogP contribution in [0.25, 0.3) is 11.0 Å². The van der Waals surface area contributed by atoms with E-state index in [1.807, 2.05) is 0 Å². The van der Waals surface area contributed by atoms with Crippen LogP contribution in [0.2, 0.25) is 0 Å². The maximum absolute atomic E-state index is 13.4. The van der Waals surface area contributed by atoms with Crippen LogP contribution in [0, 0.1) is 11.3 Å². The van der Waals surface area contributed by atoms with Crippen molar-refractivity contribution in [3.05, 3.63) is 48.8 Å². The minimum atomic E-state index is -3.94. The second-order valence-electron chi connectivity index (χ2n) is 8.80. The summed E-state index contributed by atoms with van der Waals surface area (Å²) in [5.74, 6) is -0.428. The number of carboxylic acid groups (broad SMARTS) is 1. The first kappa shape index (κ1) is 26.9. The second kappa shape index (κ2) is 11.9. The molecule has 1 saturated heterocycles. The highest BCUT2D eigenvalue weighted by Crippen LogP contribution is 2.38. The quantitative estimate of drug-likeness (QED) is 0.302. The number of anilines is 2. The topological polar surface area (TPSA) is 169 Å². The Bertz CT molecular complexity index is 1440. The number of pyridine rings is 1. The zero-order valence-electron chi connectivity index (χ0n) is 20.6. The monoisotopic (exact) mass is 539 g/mol. The highest BCUT2D eigenvalue weighted by Gasteiger charge is 2.28. The summed E-state index contributed by atoms with van der Waals surface area (Å²) in [4.78, 5) is 30.0. The van der Waals surface area contributed by atoms with E-state index >= 15 is 0 Å². The number of carbonyl (C=O) groups is 2. The Hall–Kier alpha value is -4.15. The summed E-state index contributed by atoms with van der Waals surface area (Å²) >= 11 is 0. The maximum atomic E-state index is 13.4. The first-order chi connectivity index (χ1) is 18.3. The first-order valence-corrected chi connectivity index (χ1v) is 13.7. The van der Waals surface area contributed by atoms with Crippen LogP contribution in [-0.2, 0) is 14.8 Å². The molecule has 1 fully saturated rings. The molecule has 0 spiro atoms. The Labute approximate surface area is 220 Å². The van der Waals surface area contributed by atoms with Gasteiger partial charge in [-0.15, -0.1) is 0 Å². The molecule has 4 rings (SSSR count). The molecule has 2 amide bonds. The van der Waals surface area contributed by atoms with Crippen molar-refractivity contribution in [2.75, 3.05) is 36.4 Å². The number of fused-ring (bicyclic) bond motifs is 1. The molecule has 1 aliphatic rings. The van der Waals surface area contributed by atoms with Crippen molar-refractivity contribution >= 4 is 44.4 Å². The fourth-order valence-corrected chi connectivity index (χ4v) is 5.93. The number of hydrogen-bond donors (Lipinski definition) is 4. The Morgan fingerprint density at radius 3 is 2.63 bits per heavy atom. The Balaban J connectivity index is 1.81. The van der Waals surface area contributed by atoms with E-state index in [1.165, 1.54) is 24.5 Å². The van der Waals surface area contributed by atoms with Gasteiger partial charge in [-0.2, -0.15) is 5.26 Å². The molecule has 0 bridgehead atoms. The van der Waals surface area contributed by atoms with Crippen LogP contribution in [0.15, 0.2) is 53.7 Å². The zero-order chi connectivity index (χ0) is 27.1. The molecule has 0 saturated carbocycles. The molecule has 0 aliphatic carbocycles. The smallest absolute Gasteiger partial charge is 0.404 e. The van der Waals surface area contributed by atoms with E-state index in [0.29, 0.717) is 23.3 Å². The number of rotatable bonds is 10. The maximum Gasteiger partial charge on any atom is 0.404 e. The fraction of sp³-hybridized carbons (Fsp3) is 0.360. The molecule has 0 unspecified atom stereocenters. The number of aromatic nitrogens is 2. The molecular weight excluding hydrogens is 510 g/mol. The van der Waals surface area contributed by atoms with Gasteiger partial charge in [-0.1, -0.05) is 18.2 Å². The predicted molar refractivity (Wildman–Crippen MR) is 142 cm³/mol. The SMILES string of the molecule is N#CCCN(c1c(NC(=O)CCNC(=O)O)cnc2c1ccn2S(=O)(=O)c1ccccc1)C1CCNCC1. The summed E-state index contributed by atoms with van der Waals surface area (Å²) in [6, 6.07) is 11.9. The number of nitriles is 1. The van der Waals surface area contributed by atoms with Crippen molar-refractivity contribution in [2.24, 2.45) is 0 Å².